The molecule has 0 aromatic heterocycles. The van der Waals surface area contributed by atoms with E-state index in [9.17, 15) is 10.1 Å². The minimum Gasteiger partial charge on any atom is -0.493 e. The number of hydrogen-bond acceptors (Lipinski definition) is 3. The summed E-state index contributed by atoms with van der Waals surface area (Å²) in [7, 11) is 0. The van der Waals surface area contributed by atoms with Crippen molar-refractivity contribution in [2.45, 2.75) is 34.1 Å². The van der Waals surface area contributed by atoms with E-state index >= 15 is 0 Å². The lowest BCUT2D eigenvalue weighted by Gasteiger charge is -2.23. The number of ether oxygens (including phenoxy) is 1. The number of nitrogens with zero attached hydrogens (tertiary/aromatic N) is 1. The minimum absolute atomic E-state index is 0.0880. The molecule has 0 heterocycles. The Kier molecular flexibility index (Phi) is 4.70. The van der Waals surface area contributed by atoms with Gasteiger partial charge in [-0.1, -0.05) is 27.7 Å². The van der Waals surface area contributed by atoms with Crippen molar-refractivity contribution in [2.24, 2.45) is 11.3 Å². The van der Waals surface area contributed by atoms with Crippen LogP contribution in [0.15, 0.2) is 24.3 Å². The standard InChI is InChI=1S/C14H21NO3/c1-11(9-14(2,3)4)10-18-13-7-5-12(6-8-13)15(16)17/h5-8,11H,9-10H2,1-4H3/t11-/m0/s1. The molecule has 1 rings (SSSR count). The number of non-ortho nitro benzene ring substituents is 1. The van der Waals surface area contributed by atoms with Crippen LogP contribution in [0.3, 0.4) is 0 Å². The van der Waals surface area contributed by atoms with Crippen LogP contribution in [-0.2, 0) is 0 Å². The number of benzene rings is 1. The third-order valence-corrected chi connectivity index (χ3v) is 2.54. The first-order valence-electron chi connectivity index (χ1n) is 6.15. The van der Waals surface area contributed by atoms with Gasteiger partial charge in [-0.05, 0) is 29.9 Å². The average Bonchev–Trinajstić information content (AvgIpc) is 2.24. The zero-order chi connectivity index (χ0) is 13.8. The van der Waals surface area contributed by atoms with Crippen LogP contribution in [0.5, 0.6) is 5.75 Å². The van der Waals surface area contributed by atoms with Crippen LogP contribution in [-0.4, -0.2) is 11.5 Å². The van der Waals surface area contributed by atoms with Crippen molar-refractivity contribution >= 4 is 5.69 Å². The molecular weight excluding hydrogens is 230 g/mol. The van der Waals surface area contributed by atoms with E-state index in [2.05, 4.69) is 27.7 Å². The molecule has 0 saturated carbocycles. The lowest BCUT2D eigenvalue weighted by atomic mass is 9.86. The Morgan fingerprint density at radius 2 is 1.83 bits per heavy atom. The molecule has 4 nitrogen and oxygen atoms in total. The Hall–Kier alpha value is -1.58. The summed E-state index contributed by atoms with van der Waals surface area (Å²) in [4.78, 5) is 10.1. The van der Waals surface area contributed by atoms with Gasteiger partial charge in [0.2, 0.25) is 0 Å². The fraction of sp³-hybridized carbons (Fsp3) is 0.571. The molecule has 0 radical (unpaired) electrons. The van der Waals surface area contributed by atoms with Gasteiger partial charge in [-0.2, -0.15) is 0 Å². The molecule has 4 heteroatoms. The summed E-state index contributed by atoms with van der Waals surface area (Å²) < 4.78 is 5.63. The van der Waals surface area contributed by atoms with E-state index < -0.39 is 4.92 Å². The largest absolute Gasteiger partial charge is 0.493 e. The predicted octanol–water partition coefficient (Wildman–Crippen LogP) is 4.05. The normalized spacial score (nSPS) is 13.1. The summed E-state index contributed by atoms with van der Waals surface area (Å²) in [5.74, 6) is 1.14. The van der Waals surface area contributed by atoms with Gasteiger partial charge in [0.1, 0.15) is 5.75 Å². The smallest absolute Gasteiger partial charge is 0.269 e. The number of rotatable bonds is 5. The van der Waals surface area contributed by atoms with Gasteiger partial charge in [-0.3, -0.25) is 10.1 Å². The first kappa shape index (κ1) is 14.5. The van der Waals surface area contributed by atoms with Crippen molar-refractivity contribution in [1.29, 1.82) is 0 Å². The molecule has 0 spiro atoms. The molecule has 0 saturated heterocycles. The summed E-state index contributed by atoms with van der Waals surface area (Å²) in [5, 5.41) is 10.5. The van der Waals surface area contributed by atoms with Crippen LogP contribution in [0, 0.1) is 21.4 Å². The summed E-state index contributed by atoms with van der Waals surface area (Å²) in [6.07, 6.45) is 1.08. The highest BCUT2D eigenvalue weighted by Crippen LogP contribution is 2.25. The lowest BCUT2D eigenvalue weighted by molar-refractivity contribution is -0.384. The lowest BCUT2D eigenvalue weighted by Crippen LogP contribution is -2.16. The monoisotopic (exact) mass is 251 g/mol. The van der Waals surface area contributed by atoms with Crippen molar-refractivity contribution in [3.05, 3.63) is 34.4 Å². The Morgan fingerprint density at radius 3 is 2.28 bits per heavy atom. The maximum Gasteiger partial charge on any atom is 0.269 e. The van der Waals surface area contributed by atoms with E-state index in [1.807, 2.05) is 0 Å². The molecule has 1 atom stereocenters. The summed E-state index contributed by atoms with van der Waals surface area (Å²) in [5.41, 5.74) is 0.378. The van der Waals surface area contributed by atoms with Gasteiger partial charge in [-0.25, -0.2) is 0 Å². The van der Waals surface area contributed by atoms with Crippen molar-refractivity contribution in [3.8, 4) is 5.75 Å². The number of nitro groups is 1. The first-order chi connectivity index (χ1) is 8.28. The van der Waals surface area contributed by atoms with E-state index in [1.54, 1.807) is 12.1 Å². The third-order valence-electron chi connectivity index (χ3n) is 2.54. The number of hydrogen-bond donors (Lipinski definition) is 0. The SMILES string of the molecule is C[C@H](COc1ccc([N+](=O)[O-])cc1)CC(C)(C)C. The van der Waals surface area contributed by atoms with E-state index in [-0.39, 0.29) is 11.1 Å². The zero-order valence-corrected chi connectivity index (χ0v) is 11.5. The maximum atomic E-state index is 10.5. The quantitative estimate of drug-likeness (QED) is 0.586. The van der Waals surface area contributed by atoms with E-state index in [0.717, 1.165) is 6.42 Å². The molecule has 0 unspecified atom stereocenters. The second-order valence-corrected chi connectivity index (χ2v) is 5.93. The molecular formula is C14H21NO3. The molecule has 0 fully saturated rings. The zero-order valence-electron chi connectivity index (χ0n) is 11.5. The predicted molar refractivity (Wildman–Crippen MR) is 71.8 cm³/mol. The van der Waals surface area contributed by atoms with Gasteiger partial charge >= 0.3 is 0 Å². The molecule has 0 amide bonds. The minimum atomic E-state index is -0.411. The Morgan fingerprint density at radius 1 is 1.28 bits per heavy atom. The Labute approximate surface area is 108 Å². The summed E-state index contributed by atoms with van der Waals surface area (Å²) in [6.45, 7) is 9.39. The molecule has 1 aromatic rings. The van der Waals surface area contributed by atoms with Crippen LogP contribution < -0.4 is 4.74 Å². The van der Waals surface area contributed by atoms with Crippen molar-refractivity contribution in [1.82, 2.24) is 0 Å². The molecule has 18 heavy (non-hydrogen) atoms. The second-order valence-electron chi connectivity index (χ2n) is 5.93. The van der Waals surface area contributed by atoms with Gasteiger partial charge in [0, 0.05) is 12.1 Å². The number of nitro benzene ring substituents is 1. The summed E-state index contributed by atoms with van der Waals surface area (Å²) >= 11 is 0. The molecule has 100 valence electrons. The van der Waals surface area contributed by atoms with Crippen LogP contribution in [0.4, 0.5) is 5.69 Å². The highest BCUT2D eigenvalue weighted by atomic mass is 16.6. The topological polar surface area (TPSA) is 52.4 Å². The Balaban J connectivity index is 2.46. The molecule has 0 bridgehead atoms. The highest BCUT2D eigenvalue weighted by molar-refractivity contribution is 5.35. The van der Waals surface area contributed by atoms with Gasteiger partial charge in [0.15, 0.2) is 0 Å². The third kappa shape index (κ3) is 5.17. The maximum absolute atomic E-state index is 10.5. The van der Waals surface area contributed by atoms with Crippen LogP contribution in [0.1, 0.15) is 34.1 Å². The van der Waals surface area contributed by atoms with Crippen molar-refractivity contribution < 1.29 is 9.66 Å². The van der Waals surface area contributed by atoms with Gasteiger partial charge in [-0.15, -0.1) is 0 Å². The molecule has 0 aliphatic rings. The van der Waals surface area contributed by atoms with Crippen molar-refractivity contribution in [2.75, 3.05) is 6.61 Å². The molecule has 0 aliphatic carbocycles. The highest BCUT2D eigenvalue weighted by Gasteiger charge is 2.15. The van der Waals surface area contributed by atoms with Crippen LogP contribution in [0.2, 0.25) is 0 Å². The average molecular weight is 251 g/mol. The van der Waals surface area contributed by atoms with Gasteiger partial charge in [0.25, 0.3) is 5.69 Å². The van der Waals surface area contributed by atoms with Crippen molar-refractivity contribution in [3.63, 3.8) is 0 Å². The summed E-state index contributed by atoms with van der Waals surface area (Å²) in [6, 6.07) is 6.21. The molecule has 0 aliphatic heterocycles. The van der Waals surface area contributed by atoms with E-state index in [4.69, 9.17) is 4.74 Å². The van der Waals surface area contributed by atoms with E-state index in [0.29, 0.717) is 18.3 Å². The van der Waals surface area contributed by atoms with Crippen LogP contribution in [0.25, 0.3) is 0 Å². The molecule has 0 N–H and O–H groups in total. The Bertz CT molecular complexity index is 392. The van der Waals surface area contributed by atoms with E-state index in [1.165, 1.54) is 12.1 Å². The van der Waals surface area contributed by atoms with Gasteiger partial charge in [0.05, 0.1) is 11.5 Å². The second kappa shape index (κ2) is 5.85. The molecule has 1 aromatic carbocycles. The fourth-order valence-corrected chi connectivity index (χ4v) is 2.01. The van der Waals surface area contributed by atoms with Crippen LogP contribution >= 0.6 is 0 Å². The van der Waals surface area contributed by atoms with Gasteiger partial charge < -0.3 is 4.74 Å². The fourth-order valence-electron chi connectivity index (χ4n) is 2.01. The first-order valence-corrected chi connectivity index (χ1v) is 6.15.